The van der Waals surface area contributed by atoms with Crippen molar-refractivity contribution in [1.82, 2.24) is 10.6 Å². The summed E-state index contributed by atoms with van der Waals surface area (Å²) in [6.45, 7) is 4.74. The van der Waals surface area contributed by atoms with E-state index in [9.17, 15) is 27.6 Å². The summed E-state index contributed by atoms with van der Waals surface area (Å²) in [6, 6.07) is 14.5. The lowest BCUT2D eigenvalue weighted by Gasteiger charge is -2.34. The summed E-state index contributed by atoms with van der Waals surface area (Å²) < 4.78 is 40.5. The highest BCUT2D eigenvalue weighted by atomic mass is 32.1. The molecule has 36 heavy (non-hydrogen) atoms. The van der Waals surface area contributed by atoms with Gasteiger partial charge >= 0.3 is 6.18 Å². The number of alkyl halides is 3. The SMILES string of the molecule is CC(C)(C)NC(=O)[C@H](c1ccccc1)N(C(=O)CNC(=O)c1cccs1)c1cccc(C(F)(F)F)c1. The Hall–Kier alpha value is -3.66. The summed E-state index contributed by atoms with van der Waals surface area (Å²) >= 11 is 1.18. The van der Waals surface area contributed by atoms with Crippen LogP contribution in [0.5, 0.6) is 0 Å². The molecule has 0 fully saturated rings. The van der Waals surface area contributed by atoms with Crippen molar-refractivity contribution in [2.24, 2.45) is 0 Å². The highest BCUT2D eigenvalue weighted by Gasteiger charge is 2.36. The van der Waals surface area contributed by atoms with Gasteiger partial charge < -0.3 is 10.6 Å². The Morgan fingerprint density at radius 2 is 1.64 bits per heavy atom. The van der Waals surface area contributed by atoms with E-state index < -0.39 is 47.6 Å². The average molecular weight is 518 g/mol. The van der Waals surface area contributed by atoms with Crippen LogP contribution in [0.15, 0.2) is 72.1 Å². The van der Waals surface area contributed by atoms with E-state index in [1.54, 1.807) is 68.6 Å². The van der Waals surface area contributed by atoms with Crippen LogP contribution in [-0.2, 0) is 15.8 Å². The number of thiophene rings is 1. The van der Waals surface area contributed by atoms with E-state index in [2.05, 4.69) is 10.6 Å². The first kappa shape index (κ1) is 26.9. The quantitative estimate of drug-likeness (QED) is 0.453. The van der Waals surface area contributed by atoms with Gasteiger partial charge in [-0.2, -0.15) is 13.2 Å². The number of nitrogens with one attached hydrogen (secondary N) is 2. The number of hydrogen-bond donors (Lipinski definition) is 2. The zero-order valence-electron chi connectivity index (χ0n) is 19.9. The van der Waals surface area contributed by atoms with Crippen molar-refractivity contribution in [2.75, 3.05) is 11.4 Å². The van der Waals surface area contributed by atoms with Crippen LogP contribution in [0.2, 0.25) is 0 Å². The Balaban J connectivity index is 2.07. The van der Waals surface area contributed by atoms with Gasteiger partial charge in [0.25, 0.3) is 5.91 Å². The van der Waals surface area contributed by atoms with E-state index in [0.717, 1.165) is 17.0 Å². The number of benzene rings is 2. The third-order valence-electron chi connectivity index (χ3n) is 4.99. The molecular weight excluding hydrogens is 491 g/mol. The molecule has 0 aliphatic carbocycles. The molecule has 3 amide bonds. The fraction of sp³-hybridized carbons (Fsp3) is 0.269. The maximum atomic E-state index is 13.5. The lowest BCUT2D eigenvalue weighted by molar-refractivity contribution is -0.137. The van der Waals surface area contributed by atoms with Crippen molar-refractivity contribution in [1.29, 1.82) is 0 Å². The first-order valence-corrected chi connectivity index (χ1v) is 11.9. The lowest BCUT2D eigenvalue weighted by Crippen LogP contribution is -2.51. The smallest absolute Gasteiger partial charge is 0.349 e. The first-order valence-electron chi connectivity index (χ1n) is 11.0. The molecule has 3 rings (SSSR count). The Kier molecular flexibility index (Phi) is 8.19. The molecule has 3 aromatic rings. The third kappa shape index (κ3) is 6.94. The van der Waals surface area contributed by atoms with E-state index in [-0.39, 0.29) is 5.69 Å². The average Bonchev–Trinajstić information content (AvgIpc) is 3.35. The molecule has 0 unspecified atom stereocenters. The highest BCUT2D eigenvalue weighted by molar-refractivity contribution is 7.12. The summed E-state index contributed by atoms with van der Waals surface area (Å²) in [5, 5.41) is 7.02. The van der Waals surface area contributed by atoms with Crippen molar-refractivity contribution in [3.63, 3.8) is 0 Å². The summed E-state index contributed by atoms with van der Waals surface area (Å²) in [5.41, 5.74) is -1.38. The van der Waals surface area contributed by atoms with Gasteiger partial charge in [-0.1, -0.05) is 42.5 Å². The summed E-state index contributed by atoms with van der Waals surface area (Å²) in [4.78, 5) is 40.8. The van der Waals surface area contributed by atoms with Crippen LogP contribution >= 0.6 is 11.3 Å². The number of halogens is 3. The van der Waals surface area contributed by atoms with E-state index in [4.69, 9.17) is 0 Å². The number of hydrogen-bond acceptors (Lipinski definition) is 4. The Morgan fingerprint density at radius 3 is 2.22 bits per heavy atom. The molecule has 0 aliphatic heterocycles. The molecule has 1 atom stereocenters. The highest BCUT2D eigenvalue weighted by Crippen LogP contribution is 2.34. The van der Waals surface area contributed by atoms with Crippen molar-refractivity contribution in [3.05, 3.63) is 88.1 Å². The molecule has 0 spiro atoms. The van der Waals surface area contributed by atoms with Crippen molar-refractivity contribution >= 4 is 34.7 Å². The van der Waals surface area contributed by atoms with Gasteiger partial charge in [0.1, 0.15) is 6.04 Å². The number of carbonyl (C=O) groups excluding carboxylic acids is 3. The van der Waals surface area contributed by atoms with Crippen molar-refractivity contribution < 1.29 is 27.6 Å². The number of carbonyl (C=O) groups is 3. The molecule has 0 radical (unpaired) electrons. The second-order valence-electron chi connectivity index (χ2n) is 9.02. The van der Waals surface area contributed by atoms with Gasteiger partial charge in [0.05, 0.1) is 17.0 Å². The predicted molar refractivity (Wildman–Crippen MR) is 133 cm³/mol. The Labute approximate surface area is 211 Å². The maximum Gasteiger partial charge on any atom is 0.416 e. The van der Waals surface area contributed by atoms with Crippen molar-refractivity contribution in [2.45, 2.75) is 38.5 Å². The summed E-state index contributed by atoms with van der Waals surface area (Å²) in [6.07, 6.45) is -4.66. The zero-order chi connectivity index (χ0) is 26.5. The molecule has 0 saturated carbocycles. The molecule has 0 aliphatic rings. The Morgan fingerprint density at radius 1 is 0.944 bits per heavy atom. The minimum absolute atomic E-state index is 0.127. The first-order chi connectivity index (χ1) is 16.9. The molecule has 0 bridgehead atoms. The van der Waals surface area contributed by atoms with Crippen molar-refractivity contribution in [3.8, 4) is 0 Å². The van der Waals surface area contributed by atoms with Gasteiger partial charge in [0.2, 0.25) is 11.8 Å². The molecule has 2 N–H and O–H groups in total. The van der Waals surface area contributed by atoms with E-state index >= 15 is 0 Å². The number of nitrogens with zero attached hydrogens (tertiary/aromatic N) is 1. The molecule has 1 heterocycles. The second-order valence-corrected chi connectivity index (χ2v) is 9.97. The standard InChI is InChI=1S/C26H26F3N3O3S/c1-25(2,3)31-24(35)22(17-9-5-4-6-10-17)32(19-12-7-11-18(15-19)26(27,28)29)21(33)16-30-23(34)20-13-8-14-36-20/h4-15,22H,16H2,1-3H3,(H,30,34)(H,31,35)/t22-/m0/s1. The topological polar surface area (TPSA) is 78.5 Å². The molecule has 190 valence electrons. The Bertz CT molecular complexity index is 1210. The minimum Gasteiger partial charge on any atom is -0.349 e. The van der Waals surface area contributed by atoms with E-state index in [1.807, 2.05) is 0 Å². The monoisotopic (exact) mass is 517 g/mol. The van der Waals surface area contributed by atoms with E-state index in [1.165, 1.54) is 23.5 Å². The molecule has 1 aromatic heterocycles. The van der Waals surface area contributed by atoms with Crippen LogP contribution in [0.25, 0.3) is 0 Å². The lowest BCUT2D eigenvalue weighted by atomic mass is 10.0. The van der Waals surface area contributed by atoms with Crippen LogP contribution in [0.4, 0.5) is 18.9 Å². The van der Waals surface area contributed by atoms with Gasteiger partial charge in [0, 0.05) is 11.2 Å². The van der Waals surface area contributed by atoms with Crippen LogP contribution in [0, 0.1) is 0 Å². The van der Waals surface area contributed by atoms with Gasteiger partial charge in [-0.25, -0.2) is 0 Å². The maximum absolute atomic E-state index is 13.5. The fourth-order valence-corrected chi connectivity index (χ4v) is 4.14. The van der Waals surface area contributed by atoms with Gasteiger partial charge in [-0.15, -0.1) is 11.3 Å². The third-order valence-corrected chi connectivity index (χ3v) is 5.85. The molecular formula is C26H26F3N3O3S. The van der Waals surface area contributed by atoms with Gasteiger partial charge in [0.15, 0.2) is 0 Å². The van der Waals surface area contributed by atoms with Crippen LogP contribution in [0.1, 0.15) is 47.6 Å². The molecule has 0 saturated heterocycles. The number of amides is 3. The molecule has 6 nitrogen and oxygen atoms in total. The molecule has 10 heteroatoms. The van der Waals surface area contributed by atoms with Gasteiger partial charge in [-0.3, -0.25) is 19.3 Å². The predicted octanol–water partition coefficient (Wildman–Crippen LogP) is 5.19. The molecule has 2 aromatic carbocycles. The zero-order valence-corrected chi connectivity index (χ0v) is 20.7. The van der Waals surface area contributed by atoms with Crippen LogP contribution < -0.4 is 15.5 Å². The number of anilines is 1. The summed E-state index contributed by atoms with van der Waals surface area (Å²) in [7, 11) is 0. The minimum atomic E-state index is -4.66. The van der Waals surface area contributed by atoms with Crippen LogP contribution in [-0.4, -0.2) is 29.8 Å². The fourth-order valence-electron chi connectivity index (χ4n) is 3.50. The normalized spacial score (nSPS) is 12.5. The van der Waals surface area contributed by atoms with Gasteiger partial charge in [-0.05, 0) is 56.0 Å². The van der Waals surface area contributed by atoms with Crippen LogP contribution in [0.3, 0.4) is 0 Å². The van der Waals surface area contributed by atoms with E-state index in [0.29, 0.717) is 10.4 Å². The summed E-state index contributed by atoms with van der Waals surface area (Å²) in [5.74, 6) is -1.83. The number of rotatable bonds is 7. The second kappa shape index (κ2) is 10.9. The largest absolute Gasteiger partial charge is 0.416 e.